The molecule has 4 rings (SSSR count). The number of carbonyl (C=O) groups is 2. The molecule has 1 aromatic carbocycles. The van der Waals surface area contributed by atoms with Gasteiger partial charge < -0.3 is 10.6 Å². The molecule has 2 N–H and O–H groups in total. The third-order valence-corrected chi connectivity index (χ3v) is 5.21. The minimum Gasteiger partial charge on any atom is -0.326 e. The van der Waals surface area contributed by atoms with Crippen LogP contribution in [0.5, 0.6) is 0 Å². The van der Waals surface area contributed by atoms with Crippen LogP contribution in [0, 0.1) is 0 Å². The Labute approximate surface area is 154 Å². The average Bonchev–Trinajstić information content (AvgIpc) is 3.22. The second-order valence-corrected chi connectivity index (χ2v) is 7.19. The van der Waals surface area contributed by atoms with Crippen LogP contribution >= 0.6 is 11.3 Å². The van der Waals surface area contributed by atoms with Crippen molar-refractivity contribution in [1.29, 1.82) is 0 Å². The number of carbonyl (C=O) groups excluding carboxylic acids is 2. The van der Waals surface area contributed by atoms with E-state index in [-0.39, 0.29) is 11.8 Å². The number of anilines is 2. The number of aromatic nitrogens is 3. The first-order chi connectivity index (χ1) is 12.6. The molecule has 7 nitrogen and oxygen atoms in total. The van der Waals surface area contributed by atoms with Crippen molar-refractivity contribution in [3.05, 3.63) is 47.2 Å². The van der Waals surface area contributed by atoms with Gasteiger partial charge in [0.25, 0.3) is 5.91 Å². The van der Waals surface area contributed by atoms with Crippen LogP contribution in [0.3, 0.4) is 0 Å². The van der Waals surface area contributed by atoms with Crippen molar-refractivity contribution in [2.24, 2.45) is 7.05 Å². The monoisotopic (exact) mass is 367 g/mol. The van der Waals surface area contributed by atoms with Crippen LogP contribution in [0.2, 0.25) is 0 Å². The molecule has 2 amide bonds. The quantitative estimate of drug-likeness (QED) is 0.744. The van der Waals surface area contributed by atoms with E-state index in [0.29, 0.717) is 17.0 Å². The molecule has 8 heteroatoms. The van der Waals surface area contributed by atoms with Gasteiger partial charge in [-0.1, -0.05) is 0 Å². The van der Waals surface area contributed by atoms with Crippen LogP contribution in [-0.4, -0.2) is 26.6 Å². The summed E-state index contributed by atoms with van der Waals surface area (Å²) in [5.74, 6) is -0.164. The molecule has 0 saturated heterocycles. The molecule has 26 heavy (non-hydrogen) atoms. The number of rotatable bonds is 3. The Kier molecular flexibility index (Phi) is 4.26. The summed E-state index contributed by atoms with van der Waals surface area (Å²) in [4.78, 5) is 29.0. The van der Waals surface area contributed by atoms with Crippen molar-refractivity contribution in [1.82, 2.24) is 14.8 Å². The lowest BCUT2D eigenvalue weighted by atomic mass is 10.1. The van der Waals surface area contributed by atoms with Gasteiger partial charge in [0, 0.05) is 36.6 Å². The Morgan fingerprint density at radius 3 is 3.00 bits per heavy atom. The van der Waals surface area contributed by atoms with E-state index in [1.54, 1.807) is 23.1 Å². The molecule has 0 saturated carbocycles. The number of thiazole rings is 1. The topological polar surface area (TPSA) is 88.9 Å². The molecule has 3 aromatic rings. The third kappa shape index (κ3) is 3.36. The van der Waals surface area contributed by atoms with E-state index < -0.39 is 0 Å². The Bertz CT molecular complexity index is 991. The zero-order valence-electron chi connectivity index (χ0n) is 14.2. The van der Waals surface area contributed by atoms with Gasteiger partial charge in [0.1, 0.15) is 9.88 Å². The van der Waals surface area contributed by atoms with E-state index in [9.17, 15) is 9.59 Å². The summed E-state index contributed by atoms with van der Waals surface area (Å²) in [6.45, 7) is 0. The molecule has 2 aromatic heterocycles. The summed E-state index contributed by atoms with van der Waals surface area (Å²) in [6, 6.07) is 5.55. The fourth-order valence-corrected chi connectivity index (χ4v) is 3.68. The Morgan fingerprint density at radius 2 is 2.19 bits per heavy atom. The molecule has 1 aliphatic rings. The molecule has 132 valence electrons. The highest BCUT2D eigenvalue weighted by atomic mass is 32.1. The van der Waals surface area contributed by atoms with Crippen molar-refractivity contribution < 1.29 is 9.59 Å². The Balaban J connectivity index is 1.51. The highest BCUT2D eigenvalue weighted by Crippen LogP contribution is 2.27. The van der Waals surface area contributed by atoms with Crippen molar-refractivity contribution >= 4 is 34.5 Å². The minimum atomic E-state index is -0.199. The van der Waals surface area contributed by atoms with Gasteiger partial charge in [0.15, 0.2) is 0 Å². The smallest absolute Gasteiger partial charge is 0.267 e. The van der Waals surface area contributed by atoms with Crippen molar-refractivity contribution in [2.45, 2.75) is 19.3 Å². The zero-order valence-corrected chi connectivity index (χ0v) is 15.0. The zero-order chi connectivity index (χ0) is 18.1. The predicted octanol–water partition coefficient (Wildman–Crippen LogP) is 3.07. The fourth-order valence-electron chi connectivity index (χ4n) is 2.89. The number of hydrogen-bond acceptors (Lipinski definition) is 5. The van der Waals surface area contributed by atoms with Gasteiger partial charge in [0.2, 0.25) is 5.91 Å². The number of hydrogen-bond donors (Lipinski definition) is 2. The van der Waals surface area contributed by atoms with Crippen LogP contribution in [0.25, 0.3) is 10.6 Å². The second kappa shape index (κ2) is 6.72. The summed E-state index contributed by atoms with van der Waals surface area (Å²) >= 11 is 1.33. The molecule has 0 spiro atoms. The maximum Gasteiger partial charge on any atom is 0.267 e. The number of aryl methyl sites for hydroxylation is 2. The maximum atomic E-state index is 12.5. The molecule has 0 unspecified atom stereocenters. The summed E-state index contributed by atoms with van der Waals surface area (Å²) in [7, 11) is 1.84. The molecular formula is C18H17N5O2S. The standard InChI is InChI=1S/C18H17N5O2S/c1-23-10-12(8-20-23)18-19-9-15(26-18)17(25)21-13-5-6-14-11(7-13)3-2-4-16(24)22-14/h5-10H,2-4H2,1H3,(H,21,25)(H,22,24). The first-order valence-corrected chi connectivity index (χ1v) is 9.09. The molecule has 3 heterocycles. The van der Waals surface area contributed by atoms with E-state index in [4.69, 9.17) is 0 Å². The van der Waals surface area contributed by atoms with Gasteiger partial charge >= 0.3 is 0 Å². The number of amides is 2. The van der Waals surface area contributed by atoms with Gasteiger partial charge in [-0.05, 0) is 36.6 Å². The van der Waals surface area contributed by atoms with Crippen LogP contribution < -0.4 is 10.6 Å². The first-order valence-electron chi connectivity index (χ1n) is 8.27. The average molecular weight is 367 g/mol. The Hall–Kier alpha value is -3.00. The summed E-state index contributed by atoms with van der Waals surface area (Å²) in [6.07, 6.45) is 7.30. The molecular weight excluding hydrogens is 350 g/mol. The van der Waals surface area contributed by atoms with Crippen molar-refractivity contribution in [2.75, 3.05) is 10.6 Å². The lowest BCUT2D eigenvalue weighted by Crippen LogP contribution is -2.11. The summed E-state index contributed by atoms with van der Waals surface area (Å²) in [5.41, 5.74) is 3.45. The van der Waals surface area contributed by atoms with Crippen LogP contribution in [0.15, 0.2) is 36.8 Å². The maximum absolute atomic E-state index is 12.5. The van der Waals surface area contributed by atoms with Gasteiger partial charge in [-0.25, -0.2) is 4.98 Å². The minimum absolute atomic E-state index is 0.0353. The van der Waals surface area contributed by atoms with Crippen LogP contribution in [0.1, 0.15) is 28.1 Å². The highest BCUT2D eigenvalue weighted by Gasteiger charge is 2.16. The highest BCUT2D eigenvalue weighted by molar-refractivity contribution is 7.17. The molecule has 0 atom stereocenters. The summed E-state index contributed by atoms with van der Waals surface area (Å²) < 4.78 is 1.70. The molecule has 0 radical (unpaired) electrons. The second-order valence-electron chi connectivity index (χ2n) is 6.16. The molecule has 0 aliphatic carbocycles. The van der Waals surface area contributed by atoms with E-state index in [1.165, 1.54) is 11.3 Å². The number of fused-ring (bicyclic) bond motifs is 1. The fraction of sp³-hybridized carbons (Fsp3) is 0.222. The number of nitrogens with one attached hydrogen (secondary N) is 2. The van der Waals surface area contributed by atoms with Crippen molar-refractivity contribution in [3.8, 4) is 10.6 Å². The predicted molar refractivity (Wildman–Crippen MR) is 100 cm³/mol. The van der Waals surface area contributed by atoms with Gasteiger partial charge in [-0.15, -0.1) is 11.3 Å². The van der Waals surface area contributed by atoms with E-state index in [2.05, 4.69) is 20.7 Å². The number of nitrogens with zero attached hydrogens (tertiary/aromatic N) is 3. The summed E-state index contributed by atoms with van der Waals surface area (Å²) in [5, 5.41) is 10.7. The van der Waals surface area contributed by atoms with E-state index in [1.807, 2.05) is 25.4 Å². The van der Waals surface area contributed by atoms with Gasteiger partial charge in [-0.3, -0.25) is 14.3 Å². The molecule has 1 aliphatic heterocycles. The van der Waals surface area contributed by atoms with E-state index in [0.717, 1.165) is 34.7 Å². The number of benzene rings is 1. The largest absolute Gasteiger partial charge is 0.326 e. The third-order valence-electron chi connectivity index (χ3n) is 4.17. The Morgan fingerprint density at radius 1 is 1.31 bits per heavy atom. The molecule has 0 bridgehead atoms. The SMILES string of the molecule is Cn1cc(-c2ncc(C(=O)Nc3ccc4c(c3)CCCC(=O)N4)s2)cn1. The van der Waals surface area contributed by atoms with Crippen LogP contribution in [-0.2, 0) is 18.3 Å². The lowest BCUT2D eigenvalue weighted by Gasteiger charge is -2.10. The van der Waals surface area contributed by atoms with E-state index >= 15 is 0 Å². The van der Waals surface area contributed by atoms with Gasteiger partial charge in [-0.2, -0.15) is 5.10 Å². The van der Waals surface area contributed by atoms with Crippen LogP contribution in [0.4, 0.5) is 11.4 Å². The first kappa shape index (κ1) is 16.5. The van der Waals surface area contributed by atoms with Crippen molar-refractivity contribution in [3.63, 3.8) is 0 Å². The molecule has 0 fully saturated rings. The lowest BCUT2D eigenvalue weighted by molar-refractivity contribution is -0.116. The normalized spacial score (nSPS) is 13.7. The van der Waals surface area contributed by atoms with Gasteiger partial charge in [0.05, 0.1) is 12.4 Å².